The number of halogens is 5. The zero-order chi connectivity index (χ0) is 17.2. The van der Waals surface area contributed by atoms with Crippen LogP contribution in [0.1, 0.15) is 12.2 Å². The molecule has 0 unspecified atom stereocenters. The van der Waals surface area contributed by atoms with E-state index in [4.69, 9.17) is 13.0 Å². The fraction of sp³-hybridized carbons (Fsp3) is 0.667. The highest BCUT2D eigenvalue weighted by atomic mass is 32.2. The maximum atomic E-state index is 12.6. The molecule has 1 rings (SSSR count). The van der Waals surface area contributed by atoms with Crippen LogP contribution in [0.3, 0.4) is 0 Å². The Morgan fingerprint density at radius 1 is 1.29 bits per heavy atom. The molecule has 0 bridgehead atoms. The van der Waals surface area contributed by atoms with Crippen LogP contribution in [0.25, 0.3) is 0 Å². The van der Waals surface area contributed by atoms with Gasteiger partial charge >= 0.3 is 17.8 Å². The van der Waals surface area contributed by atoms with Gasteiger partial charge in [0.15, 0.2) is 10.1 Å². The van der Waals surface area contributed by atoms with E-state index in [0.717, 1.165) is 0 Å². The Hall–Kier alpha value is -1.01. The van der Waals surface area contributed by atoms with E-state index in [0.29, 0.717) is 0 Å². The third-order valence-electron chi connectivity index (χ3n) is 2.25. The average molecular weight is 354 g/mol. The van der Waals surface area contributed by atoms with Crippen molar-refractivity contribution in [3.8, 4) is 0 Å². The Balaban J connectivity index is 0.000000433. The Bertz CT molecular complexity index is 577. The lowest BCUT2D eigenvalue weighted by Gasteiger charge is -2.13. The van der Waals surface area contributed by atoms with Crippen LogP contribution >= 0.6 is 0 Å². The molecule has 0 aliphatic carbocycles. The van der Waals surface area contributed by atoms with Gasteiger partial charge in [-0.1, -0.05) is 0 Å². The quantitative estimate of drug-likeness (QED) is 0.268. The molecule has 0 saturated carbocycles. The maximum Gasteiger partial charge on any atom is 0.485 e. The molecule has 0 radical (unpaired) electrons. The second-order valence-electron chi connectivity index (χ2n) is 5.01. The van der Waals surface area contributed by atoms with Gasteiger partial charge in [-0.2, -0.15) is 22.0 Å². The van der Waals surface area contributed by atoms with E-state index in [9.17, 15) is 22.0 Å². The molecule has 0 aliphatic rings. The molecular weight excluding hydrogens is 339 g/mol. The minimum atomic E-state index is -6.09. The fourth-order valence-corrected chi connectivity index (χ4v) is 2.77. The van der Waals surface area contributed by atoms with Crippen molar-refractivity contribution in [2.45, 2.75) is 31.6 Å². The summed E-state index contributed by atoms with van der Waals surface area (Å²) < 4.78 is 87.4. The molecule has 0 N–H and O–H groups in total. The van der Waals surface area contributed by atoms with Gasteiger partial charge in [0.1, 0.15) is 12.4 Å². The summed E-state index contributed by atoms with van der Waals surface area (Å²) >= 11 is 0. The minimum Gasteiger partial charge on any atom is -0.741 e. The summed E-state index contributed by atoms with van der Waals surface area (Å²) in [5.41, 5.74) is -5.65. The Labute approximate surface area is 119 Å². The smallest absolute Gasteiger partial charge is 0.485 e. The molecule has 0 aromatic carbocycles. The molecule has 1 heterocycles. The molecule has 12 heteroatoms. The van der Waals surface area contributed by atoms with Gasteiger partial charge in [-0.05, 0) is 19.6 Å². The molecule has 21 heavy (non-hydrogen) atoms. The second kappa shape index (κ2) is 6.40. The van der Waals surface area contributed by atoms with Crippen molar-refractivity contribution in [2.75, 3.05) is 0 Å². The van der Waals surface area contributed by atoms with Gasteiger partial charge in [0.2, 0.25) is 0 Å². The molecule has 1 aromatic heterocycles. The third kappa shape index (κ3) is 5.71. The monoisotopic (exact) mass is 354 g/mol. The van der Waals surface area contributed by atoms with Gasteiger partial charge in [-0.15, -0.1) is 0 Å². The number of hydrogen-bond acceptors (Lipinski definition) is 3. The predicted molar refractivity (Wildman–Crippen MR) is 65.1 cm³/mol. The van der Waals surface area contributed by atoms with Crippen molar-refractivity contribution in [3.63, 3.8) is 0 Å². The first-order valence-corrected chi connectivity index (χ1v) is 10.3. The lowest BCUT2D eigenvalue weighted by molar-refractivity contribution is -0.683. The normalized spacial score (nSPS) is 13.1. The molecule has 124 valence electrons. The van der Waals surface area contributed by atoms with Crippen LogP contribution in [0.15, 0.2) is 12.4 Å². The SMILES string of the molecule is C[n+]1ccn([Si](C)(C)C)c1C(F)F.O=S(=O)([O-])C(F)(F)F. The molecule has 0 saturated heterocycles. The number of nitrogens with zero attached hydrogens (tertiary/aromatic N) is 2. The summed E-state index contributed by atoms with van der Waals surface area (Å²) in [6.45, 7) is 6.12. The standard InChI is InChI=1S/C8H15F2N2Si.CHF3O3S/c1-11-5-6-12(13(2,3)4)8(11)7(9)10;2-1(3,4)8(5,6)7/h5-7H,1-4H3;(H,5,6,7)/q+1;/p-1. The van der Waals surface area contributed by atoms with Crippen LogP contribution in [0, 0.1) is 0 Å². The summed E-state index contributed by atoms with van der Waals surface area (Å²) in [7, 11) is -6.14. The largest absolute Gasteiger partial charge is 0.741 e. The lowest BCUT2D eigenvalue weighted by Crippen LogP contribution is -2.39. The maximum absolute atomic E-state index is 12.6. The van der Waals surface area contributed by atoms with Gasteiger partial charge in [0, 0.05) is 0 Å². The van der Waals surface area contributed by atoms with E-state index in [2.05, 4.69) is 0 Å². The van der Waals surface area contributed by atoms with Gasteiger partial charge in [-0.25, -0.2) is 13.0 Å². The highest BCUT2D eigenvalue weighted by Gasteiger charge is 2.37. The fourth-order valence-electron chi connectivity index (χ4n) is 1.32. The Kier molecular flexibility index (Phi) is 6.09. The summed E-state index contributed by atoms with van der Waals surface area (Å²) in [5, 5.41) is 0. The molecular formula is C9H15F5N2O3SSi. The number of aromatic nitrogens is 2. The van der Waals surface area contributed by atoms with Gasteiger partial charge < -0.3 is 4.55 Å². The van der Waals surface area contributed by atoms with Crippen molar-refractivity contribution < 1.29 is 39.5 Å². The highest BCUT2D eigenvalue weighted by molar-refractivity contribution is 7.86. The summed E-state index contributed by atoms with van der Waals surface area (Å²) in [4.78, 5) is 0. The molecule has 0 amide bonds. The van der Waals surface area contributed by atoms with Crippen LogP contribution < -0.4 is 4.57 Å². The lowest BCUT2D eigenvalue weighted by atomic mass is 10.6. The van der Waals surface area contributed by atoms with Crippen LogP contribution in [0.4, 0.5) is 22.0 Å². The van der Waals surface area contributed by atoms with E-state index >= 15 is 0 Å². The number of hydrogen-bond donors (Lipinski definition) is 0. The molecule has 1 aromatic rings. The van der Waals surface area contributed by atoms with Crippen molar-refractivity contribution in [2.24, 2.45) is 7.05 Å². The summed E-state index contributed by atoms with van der Waals surface area (Å²) in [6, 6.07) is 0. The number of imidazole rings is 1. The first kappa shape index (κ1) is 20.0. The van der Waals surface area contributed by atoms with Crippen molar-refractivity contribution >= 4 is 18.4 Å². The molecule has 0 atom stereocenters. The van der Waals surface area contributed by atoms with E-state index in [-0.39, 0.29) is 5.82 Å². The van der Waals surface area contributed by atoms with Gasteiger partial charge in [-0.3, -0.25) is 4.23 Å². The van der Waals surface area contributed by atoms with Crippen molar-refractivity contribution in [3.05, 3.63) is 18.2 Å². The number of alkyl halides is 5. The number of rotatable bonds is 2. The molecule has 0 fully saturated rings. The minimum absolute atomic E-state index is 0.110. The van der Waals surface area contributed by atoms with Crippen molar-refractivity contribution in [1.82, 2.24) is 4.23 Å². The molecule has 0 spiro atoms. The highest BCUT2D eigenvalue weighted by Crippen LogP contribution is 2.20. The second-order valence-corrected chi connectivity index (χ2v) is 11.2. The first-order valence-electron chi connectivity index (χ1n) is 5.46. The van der Waals surface area contributed by atoms with Crippen LogP contribution in [-0.2, 0) is 17.2 Å². The topological polar surface area (TPSA) is 66.0 Å². The molecule has 5 nitrogen and oxygen atoms in total. The zero-order valence-electron chi connectivity index (χ0n) is 11.6. The molecule has 0 aliphatic heterocycles. The average Bonchev–Trinajstić information content (AvgIpc) is 2.57. The van der Waals surface area contributed by atoms with Crippen molar-refractivity contribution in [1.29, 1.82) is 0 Å². The van der Waals surface area contributed by atoms with Gasteiger partial charge in [0.05, 0.1) is 7.05 Å². The number of aryl methyl sites for hydroxylation is 1. The van der Waals surface area contributed by atoms with E-state index in [1.165, 1.54) is 4.57 Å². The van der Waals surface area contributed by atoms with Crippen LogP contribution in [0.5, 0.6) is 0 Å². The zero-order valence-corrected chi connectivity index (χ0v) is 13.5. The first-order chi connectivity index (χ1) is 9.09. The van der Waals surface area contributed by atoms with E-state index < -0.39 is 30.3 Å². The van der Waals surface area contributed by atoms with E-state index in [1.54, 1.807) is 23.7 Å². The van der Waals surface area contributed by atoms with Gasteiger partial charge in [0.25, 0.3) is 8.24 Å². The summed E-state index contributed by atoms with van der Waals surface area (Å²) in [6.07, 6.45) is 1.03. The Morgan fingerprint density at radius 2 is 1.67 bits per heavy atom. The van der Waals surface area contributed by atoms with Crippen LogP contribution in [-0.4, -0.2) is 30.9 Å². The van der Waals surface area contributed by atoms with Crippen LogP contribution in [0.2, 0.25) is 19.6 Å². The Morgan fingerprint density at radius 3 is 1.86 bits per heavy atom. The third-order valence-corrected chi connectivity index (χ3v) is 4.64. The predicted octanol–water partition coefficient (Wildman–Crippen LogP) is 1.98. The summed E-state index contributed by atoms with van der Waals surface area (Å²) in [5.74, 6) is 0.110. The van der Waals surface area contributed by atoms with E-state index in [1.807, 2.05) is 19.6 Å².